The molecule has 12 heteroatoms. The van der Waals surface area contributed by atoms with Gasteiger partial charge in [-0.3, -0.25) is 9.48 Å². The van der Waals surface area contributed by atoms with Gasteiger partial charge in [0.15, 0.2) is 10.9 Å². The van der Waals surface area contributed by atoms with Crippen LogP contribution in [0.3, 0.4) is 0 Å². The summed E-state index contributed by atoms with van der Waals surface area (Å²) < 4.78 is 43.8. The number of halogens is 3. The number of oxazole rings is 1. The Morgan fingerprint density at radius 2 is 2.19 bits per heavy atom. The van der Waals surface area contributed by atoms with Crippen LogP contribution in [0.25, 0.3) is 11.5 Å². The Kier molecular flexibility index (Phi) is 4.78. The van der Waals surface area contributed by atoms with E-state index >= 15 is 0 Å². The molecule has 3 rings (SSSR count). The Labute approximate surface area is 148 Å². The van der Waals surface area contributed by atoms with Crippen molar-refractivity contribution in [3.8, 4) is 11.5 Å². The summed E-state index contributed by atoms with van der Waals surface area (Å²) in [7, 11) is 0. The van der Waals surface area contributed by atoms with Crippen LogP contribution in [0.1, 0.15) is 17.1 Å². The number of rotatable bonds is 5. The average Bonchev–Trinajstić information content (AvgIpc) is 3.26. The Morgan fingerprint density at radius 3 is 2.81 bits per heavy atom. The molecule has 0 radical (unpaired) electrons. The second-order valence-corrected chi connectivity index (χ2v) is 6.05. The quantitative estimate of drug-likeness (QED) is 0.697. The molecule has 0 aliphatic rings. The average molecular weight is 387 g/mol. The number of hydrogen-bond donors (Lipinski definition) is 2. The standard InChI is InChI=1S/C14H12F3N5O3S/c1-7-12(25-11(5-23)19-7)9-6-26-13(20-9)21-10(24)4-22-3-8(2-18-22)14(15,16)17/h2-3,6,23H,4-5H2,1H3,(H,20,21,24). The number of aliphatic hydroxyl groups excluding tert-OH is 1. The number of carbonyl (C=O) groups is 1. The number of thiazole rings is 1. The Balaban J connectivity index is 1.66. The van der Waals surface area contributed by atoms with Crippen LogP contribution in [0.2, 0.25) is 0 Å². The summed E-state index contributed by atoms with van der Waals surface area (Å²) in [6.45, 7) is 0.949. The number of aryl methyl sites for hydroxylation is 1. The SMILES string of the molecule is Cc1nc(CO)oc1-c1csc(NC(=O)Cn2cc(C(F)(F)F)cn2)n1. The number of nitrogens with one attached hydrogen (secondary N) is 1. The zero-order valence-corrected chi connectivity index (χ0v) is 14.1. The molecule has 3 heterocycles. The molecule has 8 nitrogen and oxygen atoms in total. The molecule has 2 N–H and O–H groups in total. The molecule has 3 aromatic rings. The van der Waals surface area contributed by atoms with Gasteiger partial charge in [0.05, 0.1) is 17.5 Å². The first kappa shape index (κ1) is 18.1. The van der Waals surface area contributed by atoms with Gasteiger partial charge in [-0.15, -0.1) is 11.3 Å². The minimum absolute atomic E-state index is 0.148. The number of amides is 1. The molecule has 26 heavy (non-hydrogen) atoms. The van der Waals surface area contributed by atoms with Gasteiger partial charge < -0.3 is 14.8 Å². The molecule has 0 aliphatic heterocycles. The fourth-order valence-corrected chi connectivity index (χ4v) is 2.80. The third-order valence-electron chi connectivity index (χ3n) is 3.23. The lowest BCUT2D eigenvalue weighted by Gasteiger charge is -2.02. The monoisotopic (exact) mass is 387 g/mol. The van der Waals surface area contributed by atoms with Gasteiger partial charge in [-0.25, -0.2) is 9.97 Å². The highest BCUT2D eigenvalue weighted by Gasteiger charge is 2.32. The number of aliphatic hydroxyl groups is 1. The Hall–Kier alpha value is -2.73. The van der Waals surface area contributed by atoms with Crippen LogP contribution < -0.4 is 5.32 Å². The molecule has 1 amide bonds. The Morgan fingerprint density at radius 1 is 1.42 bits per heavy atom. The number of anilines is 1. The predicted octanol–water partition coefficient (Wildman–Crippen LogP) is 2.45. The van der Waals surface area contributed by atoms with Crippen LogP contribution >= 0.6 is 11.3 Å². The normalized spacial score (nSPS) is 11.7. The van der Waals surface area contributed by atoms with Crippen molar-refractivity contribution in [1.82, 2.24) is 19.7 Å². The molecule has 0 aliphatic carbocycles. The van der Waals surface area contributed by atoms with Crippen LogP contribution in [0.15, 0.2) is 22.2 Å². The summed E-state index contributed by atoms with van der Waals surface area (Å²) in [6, 6.07) is 0. The highest BCUT2D eigenvalue weighted by atomic mass is 32.1. The molecule has 0 spiro atoms. The van der Waals surface area contributed by atoms with Crippen LogP contribution in [-0.2, 0) is 24.1 Å². The number of alkyl halides is 3. The first-order chi connectivity index (χ1) is 12.3. The molecule has 0 fully saturated rings. The number of aromatic nitrogens is 4. The summed E-state index contributed by atoms with van der Waals surface area (Å²) in [5.41, 5.74) is 0.0317. The van der Waals surface area contributed by atoms with Gasteiger partial charge in [0.25, 0.3) is 0 Å². The minimum Gasteiger partial charge on any atom is -0.436 e. The molecule has 0 aromatic carbocycles. The lowest BCUT2D eigenvalue weighted by Crippen LogP contribution is -2.19. The van der Waals surface area contributed by atoms with E-state index in [0.717, 1.165) is 22.2 Å². The third-order valence-corrected chi connectivity index (χ3v) is 3.98. The summed E-state index contributed by atoms with van der Waals surface area (Å²) in [5.74, 6) is -0.0593. The van der Waals surface area contributed by atoms with E-state index in [1.165, 1.54) is 0 Å². The molecule has 0 saturated heterocycles. The van der Waals surface area contributed by atoms with Crippen molar-refractivity contribution in [2.45, 2.75) is 26.3 Å². The number of carbonyl (C=O) groups excluding carboxylic acids is 1. The van der Waals surface area contributed by atoms with Crippen molar-refractivity contribution in [2.24, 2.45) is 0 Å². The summed E-state index contributed by atoms with van der Waals surface area (Å²) in [5, 5.41) is 16.9. The van der Waals surface area contributed by atoms with E-state index in [-0.39, 0.29) is 24.2 Å². The third kappa shape index (κ3) is 3.91. The largest absolute Gasteiger partial charge is 0.436 e. The summed E-state index contributed by atoms with van der Waals surface area (Å²) in [6.07, 6.45) is -3.11. The fraction of sp³-hybridized carbons (Fsp3) is 0.286. The van der Waals surface area contributed by atoms with E-state index in [1.54, 1.807) is 12.3 Å². The summed E-state index contributed by atoms with van der Waals surface area (Å²) >= 11 is 1.12. The zero-order chi connectivity index (χ0) is 18.9. The molecular formula is C14H12F3N5O3S. The van der Waals surface area contributed by atoms with Crippen LogP contribution in [0, 0.1) is 6.92 Å². The Bertz CT molecular complexity index is 931. The van der Waals surface area contributed by atoms with Gasteiger partial charge in [0, 0.05) is 11.6 Å². The first-order valence-corrected chi connectivity index (χ1v) is 8.07. The van der Waals surface area contributed by atoms with Gasteiger partial charge in [0.1, 0.15) is 18.8 Å². The smallest absolute Gasteiger partial charge is 0.419 e. The van der Waals surface area contributed by atoms with Crippen LogP contribution in [0.4, 0.5) is 18.3 Å². The lowest BCUT2D eigenvalue weighted by molar-refractivity contribution is -0.137. The number of nitrogens with zero attached hydrogens (tertiary/aromatic N) is 4. The van der Waals surface area contributed by atoms with Crippen molar-refractivity contribution in [3.05, 3.63) is 34.9 Å². The highest BCUT2D eigenvalue weighted by Crippen LogP contribution is 2.29. The maximum atomic E-state index is 12.5. The molecule has 3 aromatic heterocycles. The van der Waals surface area contributed by atoms with Gasteiger partial charge in [-0.05, 0) is 6.92 Å². The molecular weight excluding hydrogens is 375 g/mol. The first-order valence-electron chi connectivity index (χ1n) is 7.19. The van der Waals surface area contributed by atoms with Crippen LogP contribution in [-0.4, -0.2) is 30.8 Å². The van der Waals surface area contributed by atoms with E-state index < -0.39 is 17.6 Å². The lowest BCUT2D eigenvalue weighted by atomic mass is 10.3. The molecule has 0 unspecified atom stereocenters. The van der Waals surface area contributed by atoms with Crippen molar-refractivity contribution >= 4 is 22.4 Å². The summed E-state index contributed by atoms with van der Waals surface area (Å²) in [4.78, 5) is 20.1. The van der Waals surface area contributed by atoms with Gasteiger partial charge in [-0.2, -0.15) is 18.3 Å². The van der Waals surface area contributed by atoms with E-state index in [1.807, 2.05) is 0 Å². The fourth-order valence-electron chi connectivity index (χ4n) is 2.10. The van der Waals surface area contributed by atoms with E-state index in [4.69, 9.17) is 9.52 Å². The van der Waals surface area contributed by atoms with Crippen molar-refractivity contribution < 1.29 is 27.5 Å². The molecule has 138 valence electrons. The molecule has 0 atom stereocenters. The van der Waals surface area contributed by atoms with Crippen LogP contribution in [0.5, 0.6) is 0 Å². The van der Waals surface area contributed by atoms with Gasteiger partial charge in [-0.1, -0.05) is 0 Å². The maximum Gasteiger partial charge on any atom is 0.419 e. The van der Waals surface area contributed by atoms with E-state index in [0.29, 0.717) is 23.3 Å². The van der Waals surface area contributed by atoms with Gasteiger partial charge in [0.2, 0.25) is 11.8 Å². The van der Waals surface area contributed by atoms with Crippen molar-refractivity contribution in [1.29, 1.82) is 0 Å². The minimum atomic E-state index is -4.51. The highest BCUT2D eigenvalue weighted by molar-refractivity contribution is 7.14. The van der Waals surface area contributed by atoms with Crippen molar-refractivity contribution in [2.75, 3.05) is 5.32 Å². The predicted molar refractivity (Wildman–Crippen MR) is 84.1 cm³/mol. The van der Waals surface area contributed by atoms with Crippen molar-refractivity contribution in [3.63, 3.8) is 0 Å². The molecule has 0 saturated carbocycles. The second kappa shape index (κ2) is 6.88. The zero-order valence-electron chi connectivity index (χ0n) is 13.2. The number of hydrogen-bond acceptors (Lipinski definition) is 7. The molecule has 0 bridgehead atoms. The van der Waals surface area contributed by atoms with Gasteiger partial charge >= 0.3 is 6.18 Å². The topological polar surface area (TPSA) is 106 Å². The van der Waals surface area contributed by atoms with E-state index in [9.17, 15) is 18.0 Å². The maximum absolute atomic E-state index is 12.5. The second-order valence-electron chi connectivity index (χ2n) is 5.19. The van der Waals surface area contributed by atoms with E-state index in [2.05, 4.69) is 20.4 Å².